The Morgan fingerprint density at radius 2 is 1.10 bits per heavy atom. The minimum Gasteiger partial charge on any atom is -0.507 e. The third kappa shape index (κ3) is 9.64. The largest absolute Gasteiger partial charge is 0.507 e. The molecule has 1 heterocycles. The Bertz CT molecular complexity index is 1650. The smallest absolute Gasteiger partial charge is 0.128 e. The molecule has 0 amide bonds. The maximum atomic E-state index is 11.6. The first kappa shape index (κ1) is 37.8. The van der Waals surface area contributed by atoms with Crippen molar-refractivity contribution >= 4 is 12.4 Å². The topological polar surface area (TPSA) is 71.7 Å². The predicted octanol–water partition coefficient (Wildman–Crippen LogP) is 9.16. The van der Waals surface area contributed by atoms with Gasteiger partial charge in [-0.3, -0.25) is 19.8 Å². The number of hydrogen-bond donors (Lipinski definition) is 2. The lowest BCUT2D eigenvalue weighted by Crippen LogP contribution is -2.45. The molecule has 6 nitrogen and oxygen atoms in total. The molecule has 3 aromatic rings. The summed E-state index contributed by atoms with van der Waals surface area (Å²) in [5.41, 5.74) is 6.93. The highest BCUT2D eigenvalue weighted by Crippen LogP contribution is 2.38. The minimum atomic E-state index is -0.190. The van der Waals surface area contributed by atoms with Crippen LogP contribution in [0.25, 0.3) is 0 Å². The fourth-order valence-corrected chi connectivity index (χ4v) is 7.11. The highest BCUT2D eigenvalue weighted by Gasteiger charge is 2.27. The summed E-state index contributed by atoms with van der Waals surface area (Å²) in [4.78, 5) is 15.2. The molecule has 2 atom stereocenters. The van der Waals surface area contributed by atoms with Crippen LogP contribution in [0.4, 0.5) is 0 Å². The number of aromatic hydroxyl groups is 2. The second kappa shape index (κ2) is 15.4. The van der Waals surface area contributed by atoms with Crippen LogP contribution in [0.5, 0.6) is 11.5 Å². The zero-order chi connectivity index (χ0) is 36.3. The van der Waals surface area contributed by atoms with E-state index in [4.69, 9.17) is 9.98 Å². The third-order valence-electron chi connectivity index (χ3n) is 10.5. The van der Waals surface area contributed by atoms with Crippen LogP contribution in [0, 0.1) is 0 Å². The molecule has 2 N–H and O–H groups in total. The second-order valence-corrected chi connectivity index (χ2v) is 17.8. The summed E-state index contributed by atoms with van der Waals surface area (Å²) in [5.74, 6) is 0.655. The van der Waals surface area contributed by atoms with Gasteiger partial charge in [0.15, 0.2) is 0 Å². The molecule has 5 rings (SSSR count). The minimum absolute atomic E-state index is 0.0221. The summed E-state index contributed by atoms with van der Waals surface area (Å²) in [7, 11) is 0. The molecule has 1 saturated carbocycles. The van der Waals surface area contributed by atoms with Gasteiger partial charge in [-0.15, -0.1) is 0 Å². The summed E-state index contributed by atoms with van der Waals surface area (Å²) in [6.07, 6.45) is 7.93. The van der Waals surface area contributed by atoms with Gasteiger partial charge in [-0.1, -0.05) is 118 Å². The Hall–Kier alpha value is -3.48. The maximum Gasteiger partial charge on any atom is 0.128 e. The molecule has 1 aliphatic carbocycles. The van der Waals surface area contributed by atoms with E-state index in [0.717, 1.165) is 87.2 Å². The first-order valence-electron chi connectivity index (χ1n) is 18.8. The quantitative estimate of drug-likeness (QED) is 0.233. The second-order valence-electron chi connectivity index (χ2n) is 17.8. The monoisotopic (exact) mass is 678 g/mol. The number of nitrogens with zero attached hydrogens (tertiary/aromatic N) is 4. The average molecular weight is 679 g/mol. The predicted molar refractivity (Wildman–Crippen MR) is 211 cm³/mol. The molecule has 0 spiro atoms. The zero-order valence-corrected chi connectivity index (χ0v) is 32.3. The highest BCUT2D eigenvalue weighted by molar-refractivity contribution is 5.86. The van der Waals surface area contributed by atoms with E-state index in [-0.39, 0.29) is 28.3 Å². The molecule has 2 fully saturated rings. The molecule has 0 unspecified atom stereocenters. The Labute approximate surface area is 302 Å². The number of benzene rings is 3. The van der Waals surface area contributed by atoms with Crippen LogP contribution in [0.1, 0.15) is 127 Å². The van der Waals surface area contributed by atoms with E-state index in [1.54, 1.807) is 0 Å². The third-order valence-corrected chi connectivity index (χ3v) is 10.5. The first-order valence-corrected chi connectivity index (χ1v) is 18.8. The normalized spacial score (nSPS) is 20.3. The Kier molecular flexibility index (Phi) is 11.6. The van der Waals surface area contributed by atoms with Crippen molar-refractivity contribution in [1.29, 1.82) is 0 Å². The van der Waals surface area contributed by atoms with Gasteiger partial charge in [-0.25, -0.2) is 0 Å². The summed E-state index contributed by atoms with van der Waals surface area (Å²) in [5, 5.41) is 23.0. The number of aliphatic imine (C=N–C) groups is 2. The number of piperazine rings is 1. The van der Waals surface area contributed by atoms with Crippen LogP contribution in [0.15, 0.2) is 64.6 Å². The van der Waals surface area contributed by atoms with Gasteiger partial charge in [0.1, 0.15) is 11.5 Å². The van der Waals surface area contributed by atoms with E-state index in [1.807, 2.05) is 12.4 Å². The lowest BCUT2D eigenvalue weighted by molar-refractivity contribution is 0.121. The van der Waals surface area contributed by atoms with Gasteiger partial charge in [0.2, 0.25) is 0 Å². The molecular weight excluding hydrogens is 617 g/mol. The first-order chi connectivity index (χ1) is 23.5. The van der Waals surface area contributed by atoms with Gasteiger partial charge in [0.05, 0.1) is 12.1 Å². The molecule has 270 valence electrons. The Balaban J connectivity index is 1.35. The van der Waals surface area contributed by atoms with Crippen molar-refractivity contribution in [2.75, 3.05) is 26.2 Å². The Morgan fingerprint density at radius 3 is 1.60 bits per heavy atom. The van der Waals surface area contributed by atoms with Crippen molar-refractivity contribution in [2.24, 2.45) is 9.98 Å². The highest BCUT2D eigenvalue weighted by atomic mass is 16.3. The summed E-state index contributed by atoms with van der Waals surface area (Å²) < 4.78 is 0. The van der Waals surface area contributed by atoms with E-state index in [2.05, 4.69) is 127 Å². The molecule has 2 aliphatic rings. The Morgan fingerprint density at radius 1 is 0.620 bits per heavy atom. The molecule has 0 radical (unpaired) electrons. The summed E-state index contributed by atoms with van der Waals surface area (Å²) in [6.45, 7) is 25.4. The molecule has 1 saturated heterocycles. The van der Waals surface area contributed by atoms with Crippen molar-refractivity contribution in [2.45, 2.75) is 129 Å². The molecule has 50 heavy (non-hydrogen) atoms. The maximum absolute atomic E-state index is 11.6. The van der Waals surface area contributed by atoms with Crippen LogP contribution >= 0.6 is 0 Å². The van der Waals surface area contributed by atoms with Gasteiger partial charge in [0.25, 0.3) is 0 Å². The van der Waals surface area contributed by atoms with Crippen LogP contribution in [-0.4, -0.2) is 70.7 Å². The molecule has 1 aliphatic heterocycles. The van der Waals surface area contributed by atoms with E-state index < -0.39 is 0 Å². The van der Waals surface area contributed by atoms with Gasteiger partial charge < -0.3 is 10.2 Å². The summed E-state index contributed by atoms with van der Waals surface area (Å²) in [6, 6.07) is 19.3. The van der Waals surface area contributed by atoms with Crippen LogP contribution < -0.4 is 0 Å². The lowest BCUT2D eigenvalue weighted by atomic mass is 9.79. The average Bonchev–Trinajstić information content (AvgIpc) is 3.05. The van der Waals surface area contributed by atoms with Gasteiger partial charge >= 0.3 is 0 Å². The van der Waals surface area contributed by atoms with Gasteiger partial charge in [0, 0.05) is 74.0 Å². The van der Waals surface area contributed by atoms with E-state index in [0.29, 0.717) is 11.5 Å². The number of phenolic OH excluding ortho intramolecular Hbond substituents is 2. The van der Waals surface area contributed by atoms with Crippen molar-refractivity contribution in [3.05, 3.63) is 93.5 Å². The van der Waals surface area contributed by atoms with Crippen molar-refractivity contribution in [3.63, 3.8) is 0 Å². The van der Waals surface area contributed by atoms with Crippen LogP contribution in [0.3, 0.4) is 0 Å². The fourth-order valence-electron chi connectivity index (χ4n) is 7.11. The fraction of sp³-hybridized carbons (Fsp3) is 0.545. The molecule has 6 heteroatoms. The number of hydrogen-bond acceptors (Lipinski definition) is 6. The van der Waals surface area contributed by atoms with Crippen molar-refractivity contribution in [1.82, 2.24) is 9.80 Å². The van der Waals surface area contributed by atoms with E-state index in [9.17, 15) is 10.2 Å². The molecule has 3 aromatic carbocycles. The van der Waals surface area contributed by atoms with Crippen LogP contribution in [-0.2, 0) is 29.3 Å². The van der Waals surface area contributed by atoms with E-state index in [1.165, 1.54) is 16.7 Å². The van der Waals surface area contributed by atoms with E-state index >= 15 is 0 Å². The SMILES string of the molecule is CC(C)(C)c1cc(C=N[C@H]2CCCC[C@@H]2N=Cc2cc(C(C)(C)C)cc(C(C)(C)C)c2O)c(O)c(CN2CCN(Cc3ccccc3)CC2)c1. The zero-order valence-electron chi connectivity index (χ0n) is 32.3. The van der Waals surface area contributed by atoms with Crippen molar-refractivity contribution in [3.8, 4) is 11.5 Å². The lowest BCUT2D eigenvalue weighted by Gasteiger charge is -2.35. The van der Waals surface area contributed by atoms with Gasteiger partial charge in [-0.05, 0) is 57.9 Å². The molecule has 0 aromatic heterocycles. The van der Waals surface area contributed by atoms with Gasteiger partial charge in [-0.2, -0.15) is 0 Å². The van der Waals surface area contributed by atoms with Crippen molar-refractivity contribution < 1.29 is 10.2 Å². The van der Waals surface area contributed by atoms with Crippen LogP contribution in [0.2, 0.25) is 0 Å². The molecule has 0 bridgehead atoms. The standard InChI is InChI=1S/C44H62N4O2/c1-42(2,3)35-23-32(40(49)34(25-35)30-48-21-19-47(20-22-48)29-31-15-11-10-12-16-31)27-45-38-17-13-14-18-39(38)46-28-33-24-36(43(4,5)6)26-37(41(33)50)44(7,8)9/h10-12,15-16,23-28,38-39,49-50H,13-14,17-22,29-30H2,1-9H3/t38-,39-/m0/s1. The number of rotatable bonds is 8. The molecular formula is C44H62N4O2. The summed E-state index contributed by atoms with van der Waals surface area (Å²) >= 11 is 0. The number of phenols is 2.